The highest BCUT2D eigenvalue weighted by molar-refractivity contribution is 6.32. The molecule has 262 valence electrons. The molecule has 4 aromatic carbocycles. The minimum Gasteiger partial charge on any atom is -0.478 e. The number of rotatable bonds is 9. The molecule has 0 aliphatic carbocycles. The number of carbonyl (C=O) groups excluding carboxylic acids is 1. The van der Waals surface area contributed by atoms with Gasteiger partial charge in [0.2, 0.25) is 5.91 Å². The van der Waals surface area contributed by atoms with Gasteiger partial charge in [0.1, 0.15) is 11.4 Å². The first-order valence-corrected chi connectivity index (χ1v) is 16.2. The maximum Gasteiger partial charge on any atom is 0.418 e. The Balaban J connectivity index is 1.39. The summed E-state index contributed by atoms with van der Waals surface area (Å²) in [6, 6.07) is 21.8. The van der Waals surface area contributed by atoms with Crippen LogP contribution in [0.1, 0.15) is 22.3 Å². The zero-order valence-corrected chi connectivity index (χ0v) is 27.6. The molecule has 2 N–H and O–H groups in total. The number of carbonyl (C=O) groups is 2. The van der Waals surface area contributed by atoms with Crippen LogP contribution in [0.4, 0.5) is 28.9 Å². The number of anilines is 2. The molecule has 0 atom stereocenters. The number of fused-ring (bicyclic) bond motifs is 1. The van der Waals surface area contributed by atoms with E-state index in [9.17, 15) is 31.9 Å². The second-order valence-corrected chi connectivity index (χ2v) is 12.4. The van der Waals surface area contributed by atoms with Crippen molar-refractivity contribution in [1.82, 2.24) is 4.90 Å². The normalized spacial score (nSPS) is 13.9. The summed E-state index contributed by atoms with van der Waals surface area (Å²) in [6.07, 6.45) is -3.36. The largest absolute Gasteiger partial charge is 0.478 e. The van der Waals surface area contributed by atoms with E-state index in [1.807, 2.05) is 18.2 Å². The van der Waals surface area contributed by atoms with Crippen LogP contribution in [0.3, 0.4) is 0 Å². The first kappa shape index (κ1) is 35.4. The van der Waals surface area contributed by atoms with E-state index in [0.717, 1.165) is 50.1 Å². The van der Waals surface area contributed by atoms with Crippen LogP contribution < -0.4 is 15.8 Å². The number of aliphatic carboxylic acids is 1. The van der Waals surface area contributed by atoms with Crippen LogP contribution in [0.5, 0.6) is 0 Å². The van der Waals surface area contributed by atoms with Crippen molar-refractivity contribution in [3.8, 4) is 11.1 Å². The number of alkyl halides is 3. The average molecular weight is 720 g/mol. The standard InChI is InChI=1S/C38H30ClF4N3O5/c39-31-21-33-28(18-25(31)22-45-13-15-46(16-14-45)27-7-2-1-3-8-27)36(24-6-4-5-23(17-24)9-12-35(48)49)29(37(50)51-33)20-34(47)44-32-11-10-26(40)19-30(32)38(41,42)43/h1-12,17-19,21H,13-16,20,22H2,(H,44,47)(H,48,49)/b12-9+. The zero-order chi connectivity index (χ0) is 36.3. The minimum atomic E-state index is -4.97. The number of hydrogen-bond donors (Lipinski definition) is 2. The monoisotopic (exact) mass is 719 g/mol. The lowest BCUT2D eigenvalue weighted by atomic mass is 9.93. The molecule has 13 heteroatoms. The average Bonchev–Trinajstić information content (AvgIpc) is 3.09. The Morgan fingerprint density at radius 1 is 0.941 bits per heavy atom. The molecular weight excluding hydrogens is 690 g/mol. The van der Waals surface area contributed by atoms with E-state index in [1.165, 1.54) is 12.1 Å². The third-order valence-corrected chi connectivity index (χ3v) is 8.90. The number of nitrogens with zero attached hydrogens (tertiary/aromatic N) is 2. The molecule has 1 aliphatic rings. The van der Waals surface area contributed by atoms with Crippen LogP contribution in [0.25, 0.3) is 28.2 Å². The number of hydrogen-bond acceptors (Lipinski definition) is 6. The first-order valence-electron chi connectivity index (χ1n) is 15.8. The molecule has 0 radical (unpaired) electrons. The van der Waals surface area contributed by atoms with Crippen LogP contribution in [-0.4, -0.2) is 48.1 Å². The van der Waals surface area contributed by atoms with Crippen molar-refractivity contribution in [2.24, 2.45) is 0 Å². The Bertz CT molecular complexity index is 2200. The first-order chi connectivity index (χ1) is 24.4. The molecule has 0 spiro atoms. The van der Waals surface area contributed by atoms with E-state index in [2.05, 4.69) is 27.2 Å². The molecule has 5 aromatic rings. The summed E-state index contributed by atoms with van der Waals surface area (Å²) in [5, 5.41) is 12.1. The topological polar surface area (TPSA) is 103 Å². The van der Waals surface area contributed by atoms with Crippen LogP contribution in [-0.2, 0) is 28.7 Å². The van der Waals surface area contributed by atoms with Crippen molar-refractivity contribution in [2.45, 2.75) is 19.1 Å². The van der Waals surface area contributed by atoms with E-state index in [0.29, 0.717) is 33.6 Å². The van der Waals surface area contributed by atoms with Gasteiger partial charge in [0.05, 0.1) is 23.2 Å². The molecule has 51 heavy (non-hydrogen) atoms. The van der Waals surface area contributed by atoms with E-state index >= 15 is 0 Å². The molecule has 1 fully saturated rings. The van der Waals surface area contributed by atoms with Crippen LogP contribution in [0.15, 0.2) is 100 Å². The Morgan fingerprint density at radius 2 is 1.69 bits per heavy atom. The summed E-state index contributed by atoms with van der Waals surface area (Å²) < 4.78 is 60.4. The number of halogens is 5. The van der Waals surface area contributed by atoms with E-state index < -0.39 is 47.2 Å². The minimum absolute atomic E-state index is 0.117. The molecule has 0 saturated carbocycles. The van der Waals surface area contributed by atoms with Crippen molar-refractivity contribution >= 4 is 51.9 Å². The third kappa shape index (κ3) is 8.30. The zero-order valence-electron chi connectivity index (χ0n) is 26.8. The fraction of sp³-hybridized carbons (Fsp3) is 0.184. The lowest BCUT2D eigenvalue weighted by Gasteiger charge is -2.36. The summed E-state index contributed by atoms with van der Waals surface area (Å²) in [6.45, 7) is 3.52. The predicted octanol–water partition coefficient (Wildman–Crippen LogP) is 7.87. The second kappa shape index (κ2) is 14.8. The maximum absolute atomic E-state index is 13.7. The van der Waals surface area contributed by atoms with Gasteiger partial charge in [0, 0.05) is 66.5 Å². The number of benzene rings is 4. The van der Waals surface area contributed by atoms with Gasteiger partial charge < -0.3 is 19.7 Å². The van der Waals surface area contributed by atoms with Crippen LogP contribution >= 0.6 is 11.6 Å². The summed E-state index contributed by atoms with van der Waals surface area (Å²) in [5.74, 6) is -3.29. The highest BCUT2D eigenvalue weighted by Crippen LogP contribution is 2.37. The molecule has 8 nitrogen and oxygen atoms in total. The fourth-order valence-corrected chi connectivity index (χ4v) is 6.35. The van der Waals surface area contributed by atoms with Gasteiger partial charge in [0.25, 0.3) is 0 Å². The summed E-state index contributed by atoms with van der Waals surface area (Å²) in [4.78, 5) is 42.6. The lowest BCUT2D eigenvalue weighted by molar-refractivity contribution is -0.137. The quantitative estimate of drug-likeness (QED) is 0.0908. The molecule has 0 unspecified atom stereocenters. The van der Waals surface area contributed by atoms with Gasteiger partial charge in [-0.1, -0.05) is 48.0 Å². The van der Waals surface area contributed by atoms with Crippen molar-refractivity contribution in [3.05, 3.63) is 135 Å². The molecule has 0 bridgehead atoms. The summed E-state index contributed by atoms with van der Waals surface area (Å²) >= 11 is 6.72. The molecular formula is C38H30ClF4N3O5. The molecule has 6 rings (SSSR count). The third-order valence-electron chi connectivity index (χ3n) is 8.55. The Hall–Kier alpha value is -5.46. The summed E-state index contributed by atoms with van der Waals surface area (Å²) in [7, 11) is 0. The van der Waals surface area contributed by atoms with Gasteiger partial charge in [-0.15, -0.1) is 0 Å². The number of amides is 1. The number of piperazine rings is 1. The second-order valence-electron chi connectivity index (χ2n) is 12.0. The SMILES string of the molecule is O=C(O)/C=C/c1cccc(-c2c(CC(=O)Nc3ccc(F)cc3C(F)(F)F)c(=O)oc3cc(Cl)c(CN4CCN(c5ccccc5)CC4)cc23)c1. The van der Waals surface area contributed by atoms with Gasteiger partial charge >= 0.3 is 17.8 Å². The molecule has 1 aliphatic heterocycles. The number of carboxylic acid groups (broad SMARTS) is 1. The maximum atomic E-state index is 13.7. The Labute approximate surface area is 294 Å². The Kier molecular flexibility index (Phi) is 10.3. The predicted molar refractivity (Wildman–Crippen MR) is 187 cm³/mol. The number of carboxylic acids is 1. The van der Waals surface area contributed by atoms with E-state index in [1.54, 1.807) is 30.3 Å². The van der Waals surface area contributed by atoms with Gasteiger partial charge in [-0.25, -0.2) is 14.0 Å². The van der Waals surface area contributed by atoms with E-state index in [4.69, 9.17) is 21.1 Å². The molecule has 1 saturated heterocycles. The van der Waals surface area contributed by atoms with Crippen LogP contribution in [0.2, 0.25) is 5.02 Å². The Morgan fingerprint density at radius 3 is 2.39 bits per heavy atom. The van der Waals surface area contributed by atoms with Gasteiger partial charge in [-0.05, 0) is 65.2 Å². The van der Waals surface area contributed by atoms with E-state index in [-0.39, 0.29) is 22.8 Å². The highest BCUT2D eigenvalue weighted by Gasteiger charge is 2.34. The lowest BCUT2D eigenvalue weighted by Crippen LogP contribution is -2.46. The number of para-hydroxylation sites is 1. The molecule has 2 heterocycles. The van der Waals surface area contributed by atoms with Crippen molar-refractivity contribution < 1.29 is 36.7 Å². The highest BCUT2D eigenvalue weighted by atomic mass is 35.5. The molecule has 1 aromatic heterocycles. The van der Waals surface area contributed by atoms with Crippen molar-refractivity contribution in [3.63, 3.8) is 0 Å². The fourth-order valence-electron chi connectivity index (χ4n) is 6.14. The summed E-state index contributed by atoms with van der Waals surface area (Å²) in [5.41, 5.74) is -0.0159. The van der Waals surface area contributed by atoms with Crippen LogP contribution in [0, 0.1) is 5.82 Å². The number of nitrogens with one attached hydrogen (secondary N) is 1. The smallest absolute Gasteiger partial charge is 0.418 e. The van der Waals surface area contributed by atoms with Gasteiger partial charge in [-0.3, -0.25) is 9.69 Å². The van der Waals surface area contributed by atoms with Crippen molar-refractivity contribution in [1.29, 1.82) is 0 Å². The van der Waals surface area contributed by atoms with Gasteiger partial charge in [-0.2, -0.15) is 13.2 Å². The molecule has 1 amide bonds. The van der Waals surface area contributed by atoms with Gasteiger partial charge in [0.15, 0.2) is 0 Å². The van der Waals surface area contributed by atoms with Crippen molar-refractivity contribution in [2.75, 3.05) is 36.4 Å².